The number of aromatic nitrogens is 3. The molecule has 1 fully saturated rings. The summed E-state index contributed by atoms with van der Waals surface area (Å²) in [4.78, 5) is 17.1. The van der Waals surface area contributed by atoms with Crippen molar-refractivity contribution in [1.82, 2.24) is 15.0 Å². The fourth-order valence-electron chi connectivity index (χ4n) is 3.08. The van der Waals surface area contributed by atoms with Crippen LogP contribution in [0.25, 0.3) is 0 Å². The molecule has 30 heavy (non-hydrogen) atoms. The van der Waals surface area contributed by atoms with Gasteiger partial charge in [-0.15, -0.1) is 5.98 Å². The highest BCUT2D eigenvalue weighted by atomic mass is 19.1. The van der Waals surface area contributed by atoms with Crippen molar-refractivity contribution >= 4 is 19.6 Å². The second kappa shape index (κ2) is 10.1. The van der Waals surface area contributed by atoms with E-state index >= 15 is 0 Å². The Balaban J connectivity index is 2.11. The highest BCUT2D eigenvalue weighted by Gasteiger charge is 2.23. The second-order valence-corrected chi connectivity index (χ2v) is 6.53. The lowest BCUT2D eigenvalue weighted by molar-refractivity contribution is 0.122. The van der Waals surface area contributed by atoms with Crippen LogP contribution in [0.15, 0.2) is 42.4 Å². The molecule has 2 aromatic rings. The Morgan fingerprint density at radius 3 is 2.77 bits per heavy atom. The number of hydrogen-bond donors (Lipinski definition) is 1. The Morgan fingerprint density at radius 1 is 1.37 bits per heavy atom. The quantitative estimate of drug-likeness (QED) is 0.549. The summed E-state index contributed by atoms with van der Waals surface area (Å²) in [7, 11) is 7.39. The smallest absolute Gasteiger partial charge is 0.230 e. The van der Waals surface area contributed by atoms with Crippen LogP contribution in [0.3, 0.4) is 0 Å². The van der Waals surface area contributed by atoms with Gasteiger partial charge in [0, 0.05) is 32.4 Å². The molecule has 156 valence electrons. The van der Waals surface area contributed by atoms with Crippen molar-refractivity contribution in [3.8, 4) is 11.6 Å². The van der Waals surface area contributed by atoms with Gasteiger partial charge in [0.1, 0.15) is 19.5 Å². The first-order valence-electron chi connectivity index (χ1n) is 9.63. The maximum atomic E-state index is 13.6. The number of nitrogens with zero attached hydrogens (tertiary/aromatic N) is 5. The van der Waals surface area contributed by atoms with E-state index in [0.29, 0.717) is 56.1 Å². The van der Waals surface area contributed by atoms with Crippen LogP contribution in [0.4, 0.5) is 16.2 Å². The molecule has 2 aromatic heterocycles. The van der Waals surface area contributed by atoms with Crippen LogP contribution in [0, 0.1) is 5.82 Å². The molecule has 0 amide bonds. The first kappa shape index (κ1) is 21.6. The van der Waals surface area contributed by atoms with E-state index in [-0.39, 0.29) is 5.75 Å². The minimum Gasteiger partial charge on any atom is -0.437 e. The van der Waals surface area contributed by atoms with Crippen molar-refractivity contribution < 1.29 is 13.9 Å². The lowest BCUT2D eigenvalue weighted by Crippen LogP contribution is -2.37. The standard InChI is InChI=1S/C20H24BFN6O2/c1-3-17-18(27(2)15(11-23)4-5-21)25-20(28-6-8-29-9-7-28)26-19(17)30-16-10-14(22)12-24-13-16/h4-5,10-13H,3,6-9,23H2,1-2H3/b5-4-,15-11+. The van der Waals surface area contributed by atoms with Crippen molar-refractivity contribution in [1.29, 1.82) is 0 Å². The summed E-state index contributed by atoms with van der Waals surface area (Å²) in [5.41, 5.74) is 7.18. The molecule has 1 aliphatic rings. The molecule has 0 saturated carbocycles. The molecule has 1 aliphatic heterocycles. The largest absolute Gasteiger partial charge is 0.437 e. The number of nitrogens with two attached hydrogens (primary N) is 1. The van der Waals surface area contributed by atoms with E-state index in [9.17, 15) is 4.39 Å². The summed E-state index contributed by atoms with van der Waals surface area (Å²) >= 11 is 0. The number of ether oxygens (including phenoxy) is 2. The Kier molecular flexibility index (Phi) is 7.24. The zero-order valence-corrected chi connectivity index (χ0v) is 17.1. The third kappa shape index (κ3) is 4.88. The molecule has 0 unspecified atom stereocenters. The average Bonchev–Trinajstić information content (AvgIpc) is 2.77. The van der Waals surface area contributed by atoms with Crippen LogP contribution in [0.5, 0.6) is 11.6 Å². The second-order valence-electron chi connectivity index (χ2n) is 6.53. The van der Waals surface area contributed by atoms with Gasteiger partial charge in [-0.2, -0.15) is 9.97 Å². The van der Waals surface area contributed by atoms with Gasteiger partial charge in [0.05, 0.1) is 36.9 Å². The van der Waals surface area contributed by atoms with Gasteiger partial charge in [0.15, 0.2) is 5.75 Å². The number of rotatable bonds is 7. The van der Waals surface area contributed by atoms with Crippen LogP contribution in [-0.2, 0) is 11.2 Å². The topological polar surface area (TPSA) is 89.6 Å². The molecule has 3 heterocycles. The van der Waals surface area contributed by atoms with E-state index in [4.69, 9.17) is 28.0 Å². The van der Waals surface area contributed by atoms with Gasteiger partial charge in [-0.05, 0) is 6.42 Å². The van der Waals surface area contributed by atoms with E-state index in [1.165, 1.54) is 24.4 Å². The molecule has 10 heteroatoms. The van der Waals surface area contributed by atoms with Crippen LogP contribution >= 0.6 is 0 Å². The lowest BCUT2D eigenvalue weighted by Gasteiger charge is -2.29. The summed E-state index contributed by atoms with van der Waals surface area (Å²) in [6, 6.07) is 1.26. The van der Waals surface area contributed by atoms with Gasteiger partial charge < -0.3 is 25.0 Å². The Labute approximate surface area is 176 Å². The summed E-state index contributed by atoms with van der Waals surface area (Å²) in [6.45, 7) is 4.43. The predicted molar refractivity (Wildman–Crippen MR) is 114 cm³/mol. The molecular weight excluding hydrogens is 386 g/mol. The van der Waals surface area contributed by atoms with E-state index in [1.54, 1.807) is 6.08 Å². The number of pyridine rings is 1. The van der Waals surface area contributed by atoms with Gasteiger partial charge in [0.2, 0.25) is 11.8 Å². The molecule has 3 rings (SSSR count). The Morgan fingerprint density at radius 2 is 2.13 bits per heavy atom. The van der Waals surface area contributed by atoms with Crippen molar-refractivity contribution in [3.05, 3.63) is 53.8 Å². The van der Waals surface area contributed by atoms with Crippen molar-refractivity contribution in [2.24, 2.45) is 5.73 Å². The molecule has 0 atom stereocenters. The fourth-order valence-corrected chi connectivity index (χ4v) is 3.08. The molecule has 2 radical (unpaired) electrons. The maximum absolute atomic E-state index is 13.6. The van der Waals surface area contributed by atoms with Crippen molar-refractivity contribution in [3.63, 3.8) is 0 Å². The third-order valence-corrected chi connectivity index (χ3v) is 4.62. The average molecular weight is 410 g/mol. The maximum Gasteiger partial charge on any atom is 0.230 e. The molecular formula is C20H24BFN6O2. The highest BCUT2D eigenvalue weighted by Crippen LogP contribution is 2.33. The monoisotopic (exact) mass is 410 g/mol. The minimum absolute atomic E-state index is 0.251. The molecule has 0 bridgehead atoms. The molecule has 8 nitrogen and oxygen atoms in total. The number of halogens is 1. The number of likely N-dealkylation sites (N-methyl/N-ethyl adjacent to an activating group) is 1. The number of hydrogen-bond acceptors (Lipinski definition) is 8. The predicted octanol–water partition coefficient (Wildman–Crippen LogP) is 2.12. The first-order valence-corrected chi connectivity index (χ1v) is 9.63. The number of morpholine rings is 1. The Hall–Kier alpha value is -3.14. The SMILES string of the molecule is [B]/C=C\C(=C/N)N(C)c1nc(N2CCOCC2)nc(Oc2cncc(F)c2)c1CC. The summed E-state index contributed by atoms with van der Waals surface area (Å²) in [5.74, 6) is 2.60. The zero-order valence-electron chi connectivity index (χ0n) is 17.1. The lowest BCUT2D eigenvalue weighted by atomic mass is 10.1. The third-order valence-electron chi connectivity index (χ3n) is 4.62. The molecule has 2 N–H and O–H groups in total. The Bertz CT molecular complexity index is 934. The fraction of sp³-hybridized carbons (Fsp3) is 0.350. The number of allylic oxidation sites excluding steroid dienone is 1. The van der Waals surface area contributed by atoms with Crippen molar-refractivity contribution in [2.45, 2.75) is 13.3 Å². The molecule has 0 aliphatic carbocycles. The van der Waals surface area contributed by atoms with Gasteiger partial charge >= 0.3 is 0 Å². The van der Waals surface area contributed by atoms with Crippen LogP contribution in [-0.4, -0.2) is 56.1 Å². The summed E-state index contributed by atoms with van der Waals surface area (Å²) in [6.07, 6.45) is 6.24. The molecule has 1 saturated heterocycles. The van der Waals surface area contributed by atoms with E-state index in [1.807, 2.05) is 23.8 Å². The van der Waals surface area contributed by atoms with Crippen LogP contribution in [0.2, 0.25) is 0 Å². The molecule has 0 spiro atoms. The van der Waals surface area contributed by atoms with E-state index in [0.717, 1.165) is 11.8 Å². The van der Waals surface area contributed by atoms with Gasteiger partial charge in [-0.3, -0.25) is 4.98 Å². The van der Waals surface area contributed by atoms with Crippen LogP contribution < -0.4 is 20.3 Å². The molecule has 0 aromatic carbocycles. The van der Waals surface area contributed by atoms with Gasteiger partial charge in [-0.25, -0.2) is 4.39 Å². The zero-order chi connectivity index (χ0) is 21.5. The van der Waals surface area contributed by atoms with Crippen LogP contribution in [0.1, 0.15) is 12.5 Å². The van der Waals surface area contributed by atoms with Gasteiger partial charge in [-0.1, -0.05) is 13.0 Å². The van der Waals surface area contributed by atoms with E-state index in [2.05, 4.69) is 9.97 Å². The first-order chi connectivity index (χ1) is 14.6. The normalized spacial score (nSPS) is 14.9. The van der Waals surface area contributed by atoms with Gasteiger partial charge in [0.25, 0.3) is 0 Å². The summed E-state index contributed by atoms with van der Waals surface area (Å²) < 4.78 is 25.0. The van der Waals surface area contributed by atoms with E-state index < -0.39 is 5.82 Å². The van der Waals surface area contributed by atoms with Crippen molar-refractivity contribution in [2.75, 3.05) is 43.2 Å². The number of anilines is 2. The minimum atomic E-state index is -0.494. The highest BCUT2D eigenvalue weighted by molar-refractivity contribution is 6.17. The summed E-state index contributed by atoms with van der Waals surface area (Å²) in [5, 5.41) is 0.